The number of aromatic nitrogens is 1. The summed E-state index contributed by atoms with van der Waals surface area (Å²) >= 11 is 0. The quantitative estimate of drug-likeness (QED) is 0.650. The van der Waals surface area contributed by atoms with Gasteiger partial charge < -0.3 is 9.32 Å². The average molecular weight is 335 g/mol. The lowest BCUT2D eigenvalue weighted by Gasteiger charge is -2.47. The van der Waals surface area contributed by atoms with Gasteiger partial charge in [-0.1, -0.05) is 12.1 Å². The van der Waals surface area contributed by atoms with Crippen molar-refractivity contribution in [2.45, 2.75) is 58.3 Å². The van der Waals surface area contributed by atoms with Crippen LogP contribution in [0.2, 0.25) is 0 Å². The molecule has 3 aromatic rings. The maximum Gasteiger partial charge on any atom is 0.227 e. The van der Waals surface area contributed by atoms with E-state index in [4.69, 9.17) is 4.42 Å². The maximum absolute atomic E-state index is 6.32. The molecule has 0 radical (unpaired) electrons. The molecule has 0 N–H and O–H groups in total. The number of nitrogens with zero attached hydrogens (tertiary/aromatic N) is 3. The van der Waals surface area contributed by atoms with E-state index in [9.17, 15) is 0 Å². The minimum absolute atomic E-state index is 0.387. The third kappa shape index (κ3) is 2.07. The van der Waals surface area contributed by atoms with E-state index >= 15 is 0 Å². The van der Waals surface area contributed by atoms with Crippen LogP contribution < -0.4 is 4.90 Å². The fraction of sp³-hybridized carbons (Fsp3) is 0.476. The predicted molar refractivity (Wildman–Crippen MR) is 102 cm³/mol. The van der Waals surface area contributed by atoms with Crippen molar-refractivity contribution in [2.24, 2.45) is 0 Å². The van der Waals surface area contributed by atoms with Crippen molar-refractivity contribution in [2.75, 3.05) is 11.9 Å². The van der Waals surface area contributed by atoms with E-state index in [0.717, 1.165) is 28.4 Å². The number of furan rings is 1. The zero-order valence-electron chi connectivity index (χ0n) is 15.4. The summed E-state index contributed by atoms with van der Waals surface area (Å²) in [6.45, 7) is 6.54. The number of fused-ring (bicyclic) bond motifs is 5. The molecule has 1 aliphatic heterocycles. The first-order valence-corrected chi connectivity index (χ1v) is 9.34. The van der Waals surface area contributed by atoms with Crippen molar-refractivity contribution in [1.82, 2.24) is 9.88 Å². The molecule has 4 heteroatoms. The normalized spacial score (nSPS) is 26.9. The van der Waals surface area contributed by atoms with Crippen LogP contribution in [0.3, 0.4) is 0 Å². The highest BCUT2D eigenvalue weighted by molar-refractivity contribution is 6.08. The molecule has 3 atom stereocenters. The molecule has 130 valence electrons. The van der Waals surface area contributed by atoms with Gasteiger partial charge in [0.25, 0.3) is 0 Å². The van der Waals surface area contributed by atoms with Crippen molar-refractivity contribution in [3.8, 4) is 0 Å². The smallest absolute Gasteiger partial charge is 0.227 e. The lowest BCUT2D eigenvalue weighted by molar-refractivity contribution is 0.149. The van der Waals surface area contributed by atoms with Crippen LogP contribution in [0, 0.1) is 13.8 Å². The Hall–Kier alpha value is -2.07. The highest BCUT2D eigenvalue weighted by Crippen LogP contribution is 2.44. The molecule has 3 heterocycles. The van der Waals surface area contributed by atoms with Crippen molar-refractivity contribution < 1.29 is 4.42 Å². The number of anilines is 1. The predicted octanol–water partition coefficient (Wildman–Crippen LogP) is 4.62. The Bertz CT molecular complexity index is 976. The van der Waals surface area contributed by atoms with E-state index in [2.05, 4.69) is 59.9 Å². The largest absolute Gasteiger partial charge is 0.436 e. The lowest BCUT2D eigenvalue weighted by atomic mass is 10.0. The molecule has 1 aromatic carbocycles. The van der Waals surface area contributed by atoms with Crippen LogP contribution in [0.1, 0.15) is 37.4 Å². The van der Waals surface area contributed by atoms with Gasteiger partial charge in [0.2, 0.25) is 5.71 Å². The second-order valence-corrected chi connectivity index (χ2v) is 7.84. The molecule has 4 nitrogen and oxygen atoms in total. The number of hydrogen-bond acceptors (Lipinski definition) is 4. The standard InChI is InChI=1S/C21H25N3O/c1-12-5-9-17-18-10-6-13(2)22-21(18)25-20(17)19(12)24-14(3)23(4)15-7-8-16(24)11-15/h5-6,9-10,14-16H,7-8,11H2,1-4H3. The highest BCUT2D eigenvalue weighted by Gasteiger charge is 2.42. The van der Waals surface area contributed by atoms with E-state index in [1.807, 2.05) is 6.92 Å². The van der Waals surface area contributed by atoms with Crippen LogP contribution in [-0.2, 0) is 0 Å². The van der Waals surface area contributed by atoms with Gasteiger partial charge in [-0.15, -0.1) is 0 Å². The number of rotatable bonds is 1. The van der Waals surface area contributed by atoms with E-state index in [1.54, 1.807) is 0 Å². The van der Waals surface area contributed by atoms with Crippen LogP contribution in [0.25, 0.3) is 22.1 Å². The van der Waals surface area contributed by atoms with Crippen molar-refractivity contribution in [3.63, 3.8) is 0 Å². The molecule has 1 saturated carbocycles. The molecule has 0 amide bonds. The molecule has 2 bridgehead atoms. The zero-order chi connectivity index (χ0) is 17.3. The van der Waals surface area contributed by atoms with Gasteiger partial charge in [0, 0.05) is 28.6 Å². The van der Waals surface area contributed by atoms with Crippen LogP contribution >= 0.6 is 0 Å². The number of benzene rings is 1. The second kappa shape index (κ2) is 5.21. The molecule has 2 fully saturated rings. The monoisotopic (exact) mass is 335 g/mol. The van der Waals surface area contributed by atoms with Gasteiger partial charge in [-0.05, 0) is 64.8 Å². The van der Waals surface area contributed by atoms with Gasteiger partial charge in [0.05, 0.1) is 11.9 Å². The first-order valence-electron chi connectivity index (χ1n) is 9.34. The Morgan fingerprint density at radius 1 is 1.04 bits per heavy atom. The van der Waals surface area contributed by atoms with E-state index in [1.165, 1.54) is 35.9 Å². The Morgan fingerprint density at radius 3 is 2.64 bits per heavy atom. The number of hydrogen-bond donors (Lipinski definition) is 0. The summed E-state index contributed by atoms with van der Waals surface area (Å²) in [4.78, 5) is 9.76. The van der Waals surface area contributed by atoms with Crippen LogP contribution in [0.5, 0.6) is 0 Å². The van der Waals surface area contributed by atoms with E-state index < -0.39 is 0 Å². The molecule has 0 spiro atoms. The molecule has 3 unspecified atom stereocenters. The zero-order valence-corrected chi connectivity index (χ0v) is 15.4. The first-order chi connectivity index (χ1) is 12.0. The summed E-state index contributed by atoms with van der Waals surface area (Å²) in [5.41, 5.74) is 5.30. The second-order valence-electron chi connectivity index (χ2n) is 7.84. The summed E-state index contributed by atoms with van der Waals surface area (Å²) in [6, 6.07) is 9.97. The SMILES string of the molecule is Cc1ccc2c(n1)oc1c(N3C4CCC(C4)N(C)C3C)c(C)ccc12. The van der Waals surface area contributed by atoms with Gasteiger partial charge in [-0.3, -0.25) is 4.90 Å². The highest BCUT2D eigenvalue weighted by atomic mass is 16.3. The third-order valence-corrected chi connectivity index (χ3v) is 6.42. The fourth-order valence-corrected chi connectivity index (χ4v) is 4.95. The summed E-state index contributed by atoms with van der Waals surface area (Å²) < 4.78 is 6.32. The molecule has 1 saturated heterocycles. The minimum Gasteiger partial charge on any atom is -0.436 e. The maximum atomic E-state index is 6.32. The van der Waals surface area contributed by atoms with Gasteiger partial charge in [-0.25, -0.2) is 4.98 Å². The molecule has 2 aromatic heterocycles. The molecular weight excluding hydrogens is 310 g/mol. The molecule has 2 aliphatic rings. The van der Waals surface area contributed by atoms with Crippen molar-refractivity contribution in [1.29, 1.82) is 0 Å². The van der Waals surface area contributed by atoms with Crippen LogP contribution in [-0.4, -0.2) is 35.2 Å². The summed E-state index contributed by atoms with van der Waals surface area (Å²) in [5, 5.41) is 2.29. The first kappa shape index (κ1) is 15.2. The third-order valence-electron chi connectivity index (χ3n) is 6.42. The Labute approximate surface area is 148 Å². The Kier molecular flexibility index (Phi) is 3.17. The van der Waals surface area contributed by atoms with Gasteiger partial charge in [-0.2, -0.15) is 0 Å². The van der Waals surface area contributed by atoms with Gasteiger partial charge >= 0.3 is 0 Å². The van der Waals surface area contributed by atoms with Gasteiger partial charge in [0.1, 0.15) is 0 Å². The van der Waals surface area contributed by atoms with Gasteiger partial charge in [0.15, 0.2) is 5.58 Å². The Balaban J connectivity index is 1.77. The summed E-state index contributed by atoms with van der Waals surface area (Å²) in [5.74, 6) is 0. The van der Waals surface area contributed by atoms with Crippen molar-refractivity contribution >= 4 is 27.8 Å². The number of aryl methyl sites for hydroxylation is 2. The van der Waals surface area contributed by atoms with Crippen LogP contribution in [0.4, 0.5) is 5.69 Å². The van der Waals surface area contributed by atoms with E-state index in [0.29, 0.717) is 12.2 Å². The average Bonchev–Trinajstić information content (AvgIpc) is 3.17. The van der Waals surface area contributed by atoms with Crippen LogP contribution in [0.15, 0.2) is 28.7 Å². The molecule has 25 heavy (non-hydrogen) atoms. The summed E-state index contributed by atoms with van der Waals surface area (Å²) in [7, 11) is 2.27. The van der Waals surface area contributed by atoms with E-state index in [-0.39, 0.29) is 0 Å². The molecule has 1 aliphatic carbocycles. The molecular formula is C21H25N3O. The molecule has 5 rings (SSSR count). The lowest BCUT2D eigenvalue weighted by Crippen LogP contribution is -2.56. The Morgan fingerprint density at radius 2 is 1.80 bits per heavy atom. The minimum atomic E-state index is 0.387. The summed E-state index contributed by atoms with van der Waals surface area (Å²) in [6.07, 6.45) is 4.22. The number of pyridine rings is 1. The topological polar surface area (TPSA) is 32.5 Å². The fourth-order valence-electron chi connectivity index (χ4n) is 4.95. The van der Waals surface area contributed by atoms with Crippen molar-refractivity contribution in [3.05, 3.63) is 35.5 Å².